The van der Waals surface area contributed by atoms with Gasteiger partial charge in [0.05, 0.1) is 17.6 Å². The monoisotopic (exact) mass is 411 g/mol. The zero-order valence-corrected chi connectivity index (χ0v) is 15.9. The summed E-state index contributed by atoms with van der Waals surface area (Å²) >= 11 is 0. The fourth-order valence-electron chi connectivity index (χ4n) is 4.45. The Bertz CT molecular complexity index is 824. The molecule has 4 heterocycles. The van der Waals surface area contributed by atoms with E-state index in [9.17, 15) is 18.0 Å². The Morgan fingerprint density at radius 3 is 2.55 bits per heavy atom. The number of guanidine groups is 1. The molecule has 1 aromatic rings. The number of rotatable bonds is 1. The first-order valence-corrected chi connectivity index (χ1v) is 9.74. The second kappa shape index (κ2) is 7.27. The number of hydrogen-bond acceptors (Lipinski definition) is 4. The molecule has 0 spiro atoms. The smallest absolute Gasteiger partial charge is 0.370 e. The minimum Gasteiger partial charge on any atom is -0.370 e. The van der Waals surface area contributed by atoms with Gasteiger partial charge in [-0.3, -0.25) is 4.90 Å². The molecule has 2 atom stereocenters. The molecular weight excluding hydrogens is 387 g/mol. The molecule has 11 heteroatoms. The van der Waals surface area contributed by atoms with E-state index in [1.807, 2.05) is 6.07 Å². The Labute approximate surface area is 166 Å². The van der Waals surface area contributed by atoms with E-state index in [0.29, 0.717) is 31.1 Å². The van der Waals surface area contributed by atoms with Gasteiger partial charge in [0.25, 0.3) is 0 Å². The van der Waals surface area contributed by atoms with Gasteiger partial charge in [-0.1, -0.05) is 0 Å². The van der Waals surface area contributed by atoms with Crippen molar-refractivity contribution in [2.24, 2.45) is 22.4 Å². The fourth-order valence-corrected chi connectivity index (χ4v) is 4.45. The van der Waals surface area contributed by atoms with E-state index in [1.54, 1.807) is 11.0 Å². The van der Waals surface area contributed by atoms with Gasteiger partial charge < -0.3 is 21.3 Å². The topological polar surface area (TPSA) is 104 Å². The van der Waals surface area contributed by atoms with Crippen molar-refractivity contribution in [3.05, 3.63) is 12.1 Å². The molecule has 0 saturated carbocycles. The van der Waals surface area contributed by atoms with Gasteiger partial charge in [0.15, 0.2) is 11.8 Å². The van der Waals surface area contributed by atoms with Gasteiger partial charge in [-0.25, -0.2) is 9.78 Å². The van der Waals surface area contributed by atoms with Gasteiger partial charge in [-0.15, -0.1) is 0 Å². The summed E-state index contributed by atoms with van der Waals surface area (Å²) in [6, 6.07) is 2.83. The number of alkyl halides is 3. The van der Waals surface area contributed by atoms with Crippen LogP contribution in [0.3, 0.4) is 0 Å². The Morgan fingerprint density at radius 2 is 1.83 bits per heavy atom. The largest absolute Gasteiger partial charge is 0.393 e. The number of piperidine rings is 2. The minimum atomic E-state index is -4.23. The summed E-state index contributed by atoms with van der Waals surface area (Å²) in [5, 5.41) is 0. The van der Waals surface area contributed by atoms with Crippen LogP contribution >= 0.6 is 0 Å². The lowest BCUT2D eigenvalue weighted by Gasteiger charge is -2.45. The maximum atomic E-state index is 13.2. The predicted octanol–water partition coefficient (Wildman–Crippen LogP) is 2.04. The predicted molar refractivity (Wildman–Crippen MR) is 104 cm³/mol. The molecule has 3 aliphatic rings. The summed E-state index contributed by atoms with van der Waals surface area (Å²) in [5.74, 6) is -0.879. The maximum absolute atomic E-state index is 13.2. The number of carbonyl (C=O) groups is 1. The summed E-state index contributed by atoms with van der Waals surface area (Å²) in [4.78, 5) is 26.3. The quantitative estimate of drug-likeness (QED) is 0.541. The van der Waals surface area contributed by atoms with Crippen LogP contribution in [-0.2, 0) is 0 Å². The van der Waals surface area contributed by atoms with Crippen LogP contribution in [0.15, 0.2) is 17.1 Å². The number of aliphatic imine (C=N–C) groups is 1. The highest BCUT2D eigenvalue weighted by atomic mass is 19.4. The van der Waals surface area contributed by atoms with Crippen molar-refractivity contribution >= 4 is 29.3 Å². The standard InChI is InChI=1S/C18H24F3N7O/c19-18(20,21)11-3-1-8-27(9-11)14-6-5-13-15(24-14)28(17(29)25-16(22)23)12-4-2-7-26(13)10-12/h5-6,11-12H,1-4,7-10H2,(H4,22,23,25,29). The zero-order valence-electron chi connectivity index (χ0n) is 15.9. The van der Waals surface area contributed by atoms with E-state index in [-0.39, 0.29) is 25.0 Å². The molecule has 8 nitrogen and oxygen atoms in total. The Balaban J connectivity index is 1.69. The number of hydrogen-bond donors (Lipinski definition) is 2. The third-order valence-corrected chi connectivity index (χ3v) is 5.81. The third kappa shape index (κ3) is 3.77. The summed E-state index contributed by atoms with van der Waals surface area (Å²) in [6.07, 6.45) is -1.97. The van der Waals surface area contributed by atoms with E-state index in [0.717, 1.165) is 25.1 Å². The molecule has 1 aromatic heterocycles. The molecule has 158 valence electrons. The van der Waals surface area contributed by atoms with Crippen LogP contribution in [-0.4, -0.2) is 55.4 Å². The molecule has 4 N–H and O–H groups in total. The van der Waals surface area contributed by atoms with Crippen molar-refractivity contribution in [1.82, 2.24) is 4.98 Å². The number of amides is 2. The number of aromatic nitrogens is 1. The number of halogens is 3. The number of nitrogens with zero attached hydrogens (tertiary/aromatic N) is 5. The molecule has 29 heavy (non-hydrogen) atoms. The molecule has 3 aliphatic heterocycles. The highest BCUT2D eigenvalue weighted by molar-refractivity contribution is 6.02. The fraction of sp³-hybridized carbons (Fsp3) is 0.611. The molecule has 0 radical (unpaired) electrons. The van der Waals surface area contributed by atoms with Crippen LogP contribution in [0.2, 0.25) is 0 Å². The van der Waals surface area contributed by atoms with Gasteiger partial charge in [0.2, 0.25) is 0 Å². The molecule has 0 aliphatic carbocycles. The van der Waals surface area contributed by atoms with Gasteiger partial charge in [0, 0.05) is 26.2 Å². The first-order chi connectivity index (χ1) is 13.7. The zero-order chi connectivity index (χ0) is 20.8. The van der Waals surface area contributed by atoms with Crippen molar-refractivity contribution in [1.29, 1.82) is 0 Å². The molecule has 4 rings (SSSR count). The average Bonchev–Trinajstić information content (AvgIpc) is 2.67. The molecule has 2 saturated heterocycles. The maximum Gasteiger partial charge on any atom is 0.393 e. The van der Waals surface area contributed by atoms with E-state index >= 15 is 0 Å². The first kappa shape index (κ1) is 19.6. The van der Waals surface area contributed by atoms with Gasteiger partial charge in [-0.2, -0.15) is 18.2 Å². The Kier molecular flexibility index (Phi) is 4.91. The number of pyridine rings is 1. The number of urea groups is 1. The van der Waals surface area contributed by atoms with E-state index in [1.165, 1.54) is 4.90 Å². The van der Waals surface area contributed by atoms with Crippen molar-refractivity contribution in [2.45, 2.75) is 37.9 Å². The minimum absolute atomic E-state index is 0.121. The van der Waals surface area contributed by atoms with Crippen molar-refractivity contribution in [3.8, 4) is 0 Å². The SMILES string of the molecule is NC(N)=NC(=O)N1c2nc(N3CCCC(C(F)(F)F)C3)ccc2N2CCCC1C2. The van der Waals surface area contributed by atoms with Crippen molar-refractivity contribution in [2.75, 3.05) is 40.9 Å². The molecular formula is C18H24F3N7O. The van der Waals surface area contributed by atoms with Gasteiger partial charge in [0.1, 0.15) is 5.82 Å². The number of nitrogens with two attached hydrogens (primary N) is 2. The highest BCUT2D eigenvalue weighted by Crippen LogP contribution is 2.41. The Hall–Kier alpha value is -2.72. The summed E-state index contributed by atoms with van der Waals surface area (Å²) in [5.41, 5.74) is 11.5. The van der Waals surface area contributed by atoms with E-state index in [2.05, 4.69) is 14.9 Å². The van der Waals surface area contributed by atoms with Crippen LogP contribution in [0.1, 0.15) is 25.7 Å². The average molecular weight is 411 g/mol. The molecule has 2 amide bonds. The first-order valence-electron chi connectivity index (χ1n) is 9.74. The van der Waals surface area contributed by atoms with Gasteiger partial charge in [-0.05, 0) is 37.8 Å². The number of carbonyl (C=O) groups excluding carboxylic acids is 1. The van der Waals surface area contributed by atoms with Crippen molar-refractivity contribution in [3.63, 3.8) is 0 Å². The second-order valence-corrected chi connectivity index (χ2v) is 7.77. The Morgan fingerprint density at radius 1 is 1.10 bits per heavy atom. The third-order valence-electron chi connectivity index (χ3n) is 5.81. The van der Waals surface area contributed by atoms with E-state index in [4.69, 9.17) is 11.5 Å². The number of anilines is 3. The molecule has 2 bridgehead atoms. The molecule has 0 aromatic carbocycles. The van der Waals surface area contributed by atoms with Gasteiger partial charge >= 0.3 is 12.2 Å². The van der Waals surface area contributed by atoms with Crippen LogP contribution in [0.25, 0.3) is 0 Å². The second-order valence-electron chi connectivity index (χ2n) is 7.77. The van der Waals surface area contributed by atoms with Crippen LogP contribution in [0.4, 0.5) is 35.3 Å². The van der Waals surface area contributed by atoms with E-state index < -0.39 is 18.1 Å². The van der Waals surface area contributed by atoms with Crippen molar-refractivity contribution < 1.29 is 18.0 Å². The highest BCUT2D eigenvalue weighted by Gasteiger charge is 2.43. The van der Waals surface area contributed by atoms with Crippen LogP contribution in [0.5, 0.6) is 0 Å². The summed E-state index contributed by atoms with van der Waals surface area (Å²) < 4.78 is 39.6. The summed E-state index contributed by atoms with van der Waals surface area (Å²) in [7, 11) is 0. The van der Waals surface area contributed by atoms with Crippen LogP contribution < -0.4 is 26.2 Å². The molecule has 2 unspecified atom stereocenters. The normalized spacial score (nSPS) is 24.2. The molecule has 2 fully saturated rings. The lowest BCUT2D eigenvalue weighted by molar-refractivity contribution is -0.176. The summed E-state index contributed by atoms with van der Waals surface area (Å²) in [6.45, 7) is 1.85. The number of fused-ring (bicyclic) bond motifs is 4. The van der Waals surface area contributed by atoms with Crippen LogP contribution in [0, 0.1) is 5.92 Å². The lowest BCUT2D eigenvalue weighted by Crippen LogP contribution is -2.55. The lowest BCUT2D eigenvalue weighted by atomic mass is 9.97.